The average molecular weight is 348 g/mol. The number of para-hydroxylation sites is 1. The van der Waals surface area contributed by atoms with E-state index in [0.717, 1.165) is 12.7 Å². The minimum Gasteiger partial charge on any atom is -0.463 e. The van der Waals surface area contributed by atoms with Crippen molar-refractivity contribution in [2.75, 3.05) is 7.11 Å². The monoisotopic (exact) mass is 348 g/mol. The fourth-order valence-electron chi connectivity index (χ4n) is 1.70. The Balaban J connectivity index is 2.23. The van der Waals surface area contributed by atoms with Gasteiger partial charge < -0.3 is 13.7 Å². The van der Waals surface area contributed by atoms with E-state index < -0.39 is 16.1 Å². The fourth-order valence-corrected chi connectivity index (χ4v) is 2.49. The van der Waals surface area contributed by atoms with Gasteiger partial charge in [0, 0.05) is 0 Å². The molecule has 0 saturated carbocycles. The molecule has 0 spiro atoms. The summed E-state index contributed by atoms with van der Waals surface area (Å²) in [5.41, 5.74) is 0.909. The maximum Gasteiger partial charge on any atom is 0.377 e. The smallest absolute Gasteiger partial charge is 0.377 e. The van der Waals surface area contributed by atoms with Crippen LogP contribution in [0.1, 0.15) is 5.56 Å². The number of carbonyl (C=O) groups is 1. The largest absolute Gasteiger partial charge is 0.463 e. The second-order valence-electron chi connectivity index (χ2n) is 4.75. The van der Waals surface area contributed by atoms with Crippen LogP contribution in [0.15, 0.2) is 71.5 Å². The molecule has 0 bridgehead atoms. The molecule has 7 heteroatoms. The standard InChI is InChI=1S/C17H16O6S/c1-13-8-10-15(11-9-13)24(19,20)22-12-16(17(18)21-2)23-14-6-4-3-5-7-14/h3-12H,1-2H3. The van der Waals surface area contributed by atoms with Gasteiger partial charge in [-0.05, 0) is 31.2 Å². The van der Waals surface area contributed by atoms with Crippen LogP contribution in [0.3, 0.4) is 0 Å². The number of rotatable bonds is 6. The summed E-state index contributed by atoms with van der Waals surface area (Å²) in [5.74, 6) is -0.914. The van der Waals surface area contributed by atoms with Crippen LogP contribution in [0, 0.1) is 6.92 Å². The minimum absolute atomic E-state index is 0.0340. The summed E-state index contributed by atoms with van der Waals surface area (Å²) in [6.07, 6.45) is 0.716. The molecule has 0 N–H and O–H groups in total. The van der Waals surface area contributed by atoms with E-state index in [9.17, 15) is 13.2 Å². The summed E-state index contributed by atoms with van der Waals surface area (Å²) in [4.78, 5) is 11.7. The molecule has 0 aromatic heterocycles. The van der Waals surface area contributed by atoms with Crippen molar-refractivity contribution in [1.29, 1.82) is 0 Å². The zero-order valence-corrected chi connectivity index (χ0v) is 13.9. The molecule has 2 aromatic rings. The molecule has 0 amide bonds. The molecule has 2 rings (SSSR count). The Morgan fingerprint density at radius 3 is 2.21 bits per heavy atom. The van der Waals surface area contributed by atoms with Gasteiger partial charge in [-0.2, -0.15) is 8.42 Å². The van der Waals surface area contributed by atoms with Crippen LogP contribution in [0.25, 0.3) is 0 Å². The normalized spacial score (nSPS) is 11.7. The van der Waals surface area contributed by atoms with Crippen LogP contribution >= 0.6 is 0 Å². The molecule has 6 nitrogen and oxygen atoms in total. The highest BCUT2D eigenvalue weighted by Gasteiger charge is 2.18. The predicted molar refractivity (Wildman–Crippen MR) is 86.6 cm³/mol. The lowest BCUT2D eigenvalue weighted by Crippen LogP contribution is -2.13. The summed E-state index contributed by atoms with van der Waals surface area (Å²) in [7, 11) is -2.92. The Morgan fingerprint density at radius 2 is 1.62 bits per heavy atom. The first kappa shape index (κ1) is 17.6. The number of ether oxygens (including phenoxy) is 2. The van der Waals surface area contributed by atoms with E-state index in [1.807, 2.05) is 6.92 Å². The Bertz CT molecular complexity index is 823. The topological polar surface area (TPSA) is 78.9 Å². The van der Waals surface area contributed by atoms with Crippen molar-refractivity contribution in [2.24, 2.45) is 0 Å². The van der Waals surface area contributed by atoms with Crippen molar-refractivity contribution >= 4 is 16.1 Å². The minimum atomic E-state index is -4.07. The number of hydrogen-bond donors (Lipinski definition) is 0. The number of aryl methyl sites for hydroxylation is 1. The molecule has 24 heavy (non-hydrogen) atoms. The second kappa shape index (κ2) is 7.65. The fraction of sp³-hybridized carbons (Fsp3) is 0.118. The molecule has 126 valence electrons. The van der Waals surface area contributed by atoms with Crippen LogP contribution in [-0.2, 0) is 23.8 Å². The van der Waals surface area contributed by atoms with Crippen molar-refractivity contribution in [3.8, 4) is 5.75 Å². The van der Waals surface area contributed by atoms with Crippen molar-refractivity contribution < 1.29 is 26.9 Å². The summed E-state index contributed by atoms with van der Waals surface area (Å²) < 4.78 is 38.9. The van der Waals surface area contributed by atoms with Gasteiger partial charge in [0.05, 0.1) is 7.11 Å². The summed E-state index contributed by atoms with van der Waals surface area (Å²) >= 11 is 0. The van der Waals surface area contributed by atoms with E-state index in [-0.39, 0.29) is 10.7 Å². The van der Waals surface area contributed by atoms with Gasteiger partial charge in [-0.15, -0.1) is 0 Å². The van der Waals surface area contributed by atoms with E-state index in [4.69, 9.17) is 8.92 Å². The van der Waals surface area contributed by atoms with Gasteiger partial charge in [0.25, 0.3) is 0 Å². The van der Waals surface area contributed by atoms with Gasteiger partial charge in [0.1, 0.15) is 10.6 Å². The summed E-state index contributed by atoms with van der Waals surface area (Å²) in [5, 5.41) is 0. The predicted octanol–water partition coefficient (Wildman–Crippen LogP) is 2.79. The maximum absolute atomic E-state index is 12.1. The van der Waals surface area contributed by atoms with Crippen LogP contribution in [0.2, 0.25) is 0 Å². The first-order chi connectivity index (χ1) is 11.4. The number of methoxy groups -OCH3 is 1. The Labute approximate surface area is 140 Å². The molecule has 2 aromatic carbocycles. The molecule has 0 saturated heterocycles. The highest BCUT2D eigenvalue weighted by molar-refractivity contribution is 7.86. The van der Waals surface area contributed by atoms with Crippen molar-refractivity contribution in [2.45, 2.75) is 11.8 Å². The molecule has 0 aliphatic carbocycles. The molecule has 0 radical (unpaired) electrons. The first-order valence-corrected chi connectivity index (χ1v) is 8.34. The molecule has 0 heterocycles. The number of hydrogen-bond acceptors (Lipinski definition) is 6. The molecule has 0 aliphatic heterocycles. The lowest BCUT2D eigenvalue weighted by Gasteiger charge is -2.09. The van der Waals surface area contributed by atoms with Crippen molar-refractivity contribution in [1.82, 2.24) is 0 Å². The molecular weight excluding hydrogens is 332 g/mol. The third kappa shape index (κ3) is 4.60. The van der Waals surface area contributed by atoms with E-state index in [0.29, 0.717) is 12.0 Å². The van der Waals surface area contributed by atoms with E-state index in [2.05, 4.69) is 4.74 Å². The molecule has 0 fully saturated rings. The summed E-state index contributed by atoms with van der Waals surface area (Å²) in [6.45, 7) is 1.83. The van der Waals surface area contributed by atoms with Gasteiger partial charge >= 0.3 is 16.1 Å². The zero-order chi connectivity index (χ0) is 17.6. The van der Waals surface area contributed by atoms with Crippen molar-refractivity contribution in [3.63, 3.8) is 0 Å². The third-order valence-electron chi connectivity index (χ3n) is 2.95. The van der Waals surface area contributed by atoms with Crippen LogP contribution in [0.4, 0.5) is 0 Å². The Morgan fingerprint density at radius 1 is 1.00 bits per heavy atom. The molecular formula is C17H16O6S. The van der Waals surface area contributed by atoms with Gasteiger partial charge in [0.2, 0.25) is 5.76 Å². The highest BCUT2D eigenvalue weighted by atomic mass is 32.2. The van der Waals surface area contributed by atoms with Gasteiger partial charge in [-0.1, -0.05) is 35.9 Å². The maximum atomic E-state index is 12.1. The molecule has 0 aliphatic rings. The van der Waals surface area contributed by atoms with Crippen LogP contribution in [0.5, 0.6) is 5.75 Å². The SMILES string of the molecule is COC(=O)C(=COS(=O)(=O)c1ccc(C)cc1)Oc1ccccc1. The summed E-state index contributed by atoms with van der Waals surface area (Å²) in [6, 6.07) is 14.5. The lowest BCUT2D eigenvalue weighted by atomic mass is 10.2. The highest BCUT2D eigenvalue weighted by Crippen LogP contribution is 2.17. The lowest BCUT2D eigenvalue weighted by molar-refractivity contribution is -0.138. The van der Waals surface area contributed by atoms with Gasteiger partial charge in [0.15, 0.2) is 6.26 Å². The van der Waals surface area contributed by atoms with E-state index >= 15 is 0 Å². The van der Waals surface area contributed by atoms with Crippen molar-refractivity contribution in [3.05, 3.63) is 72.2 Å². The molecule has 0 atom stereocenters. The van der Waals surface area contributed by atoms with E-state index in [1.165, 1.54) is 12.1 Å². The van der Waals surface area contributed by atoms with Crippen LogP contribution < -0.4 is 4.74 Å². The average Bonchev–Trinajstić information content (AvgIpc) is 2.59. The number of esters is 1. The Kier molecular flexibility index (Phi) is 5.59. The molecule has 0 unspecified atom stereocenters. The number of carbonyl (C=O) groups excluding carboxylic acids is 1. The van der Waals surface area contributed by atoms with E-state index in [1.54, 1.807) is 42.5 Å². The first-order valence-electron chi connectivity index (χ1n) is 6.94. The third-order valence-corrected chi connectivity index (χ3v) is 4.15. The number of benzene rings is 2. The van der Waals surface area contributed by atoms with Gasteiger partial charge in [-0.25, -0.2) is 4.79 Å². The Hall–Kier alpha value is -2.80. The van der Waals surface area contributed by atoms with Crippen LogP contribution in [-0.4, -0.2) is 21.5 Å². The quantitative estimate of drug-likeness (QED) is 0.346. The zero-order valence-electron chi connectivity index (χ0n) is 13.1. The second-order valence-corrected chi connectivity index (χ2v) is 6.32. The van der Waals surface area contributed by atoms with Gasteiger partial charge in [-0.3, -0.25) is 0 Å².